The number of thiazole rings is 1. The predicted octanol–water partition coefficient (Wildman–Crippen LogP) is 7.67. The lowest BCUT2D eigenvalue weighted by atomic mass is 9.95. The van der Waals surface area contributed by atoms with Crippen LogP contribution in [0, 0.1) is 13.8 Å². The van der Waals surface area contributed by atoms with Crippen LogP contribution in [0.3, 0.4) is 0 Å². The minimum Gasteiger partial charge on any atom is -0.503 e. The Balaban J connectivity index is 1.38. The highest BCUT2D eigenvalue weighted by Crippen LogP contribution is 2.44. The molecule has 0 saturated heterocycles. The summed E-state index contributed by atoms with van der Waals surface area (Å²) in [6.45, 7) is 4.41. The van der Waals surface area contributed by atoms with E-state index in [1.165, 1.54) is 22.3 Å². The molecule has 2 heterocycles. The zero-order valence-electron chi connectivity index (χ0n) is 23.2. The minimum atomic E-state index is -0.865. The molecule has 208 valence electrons. The Kier molecular flexibility index (Phi) is 7.42. The third-order valence-electron chi connectivity index (χ3n) is 7.17. The number of aliphatic hydroxyl groups is 1. The number of hydrogen-bond donors (Lipinski definition) is 1. The fraction of sp³-hybridized carbons (Fsp3) is 0.114. The zero-order valence-corrected chi connectivity index (χ0v) is 24.0. The second-order valence-electron chi connectivity index (χ2n) is 10.2. The van der Waals surface area contributed by atoms with Gasteiger partial charge in [-0.1, -0.05) is 96.3 Å². The molecule has 0 bridgehead atoms. The maximum absolute atomic E-state index is 13.6. The summed E-state index contributed by atoms with van der Waals surface area (Å²) in [4.78, 5) is 33.4. The number of ketones is 1. The molecule has 1 atom stereocenters. The molecule has 1 N–H and O–H groups in total. The topological polar surface area (TPSA) is 79.7 Å². The number of nitrogens with zero attached hydrogens (tertiary/aromatic N) is 2. The predicted molar refractivity (Wildman–Crippen MR) is 167 cm³/mol. The van der Waals surface area contributed by atoms with Crippen molar-refractivity contribution in [2.75, 3.05) is 4.90 Å². The molecular formula is C35H28N2O4S. The number of rotatable bonds is 8. The van der Waals surface area contributed by atoms with Crippen molar-refractivity contribution in [2.45, 2.75) is 26.5 Å². The average molecular weight is 573 g/mol. The Morgan fingerprint density at radius 1 is 0.976 bits per heavy atom. The molecule has 4 aromatic carbocycles. The number of benzene rings is 4. The number of hydrogen-bond acceptors (Lipinski definition) is 6. The van der Waals surface area contributed by atoms with E-state index >= 15 is 0 Å². The second kappa shape index (κ2) is 11.5. The molecule has 1 aliphatic rings. The van der Waals surface area contributed by atoms with E-state index in [0.29, 0.717) is 23.1 Å². The van der Waals surface area contributed by atoms with Crippen molar-refractivity contribution in [1.29, 1.82) is 0 Å². The van der Waals surface area contributed by atoms with E-state index in [9.17, 15) is 14.7 Å². The van der Waals surface area contributed by atoms with Crippen LogP contribution < -0.4 is 9.64 Å². The number of aliphatic hydroxyl groups excluding tert-OH is 1. The molecule has 0 spiro atoms. The van der Waals surface area contributed by atoms with E-state index in [1.54, 1.807) is 6.08 Å². The van der Waals surface area contributed by atoms with E-state index in [4.69, 9.17) is 9.72 Å². The first kappa shape index (κ1) is 27.2. The van der Waals surface area contributed by atoms with Gasteiger partial charge in [-0.3, -0.25) is 14.5 Å². The molecule has 1 aromatic heterocycles. The summed E-state index contributed by atoms with van der Waals surface area (Å²) < 4.78 is 6.89. The van der Waals surface area contributed by atoms with E-state index in [0.717, 1.165) is 32.5 Å². The average Bonchev–Trinajstić information content (AvgIpc) is 3.54. The Hall–Kier alpha value is -5.01. The van der Waals surface area contributed by atoms with Gasteiger partial charge in [0, 0.05) is 0 Å². The fourth-order valence-corrected chi connectivity index (χ4v) is 6.31. The van der Waals surface area contributed by atoms with Crippen molar-refractivity contribution in [1.82, 2.24) is 4.98 Å². The number of fused-ring (bicyclic) bond motifs is 1. The number of anilines is 1. The van der Waals surface area contributed by atoms with Crippen LogP contribution in [-0.4, -0.2) is 21.8 Å². The van der Waals surface area contributed by atoms with Crippen LogP contribution in [0.5, 0.6) is 5.75 Å². The third-order valence-corrected chi connectivity index (χ3v) is 8.17. The van der Waals surface area contributed by atoms with Gasteiger partial charge in [0.2, 0.25) is 0 Å². The lowest BCUT2D eigenvalue weighted by Crippen LogP contribution is -2.30. The van der Waals surface area contributed by atoms with E-state index in [2.05, 4.69) is 0 Å². The molecule has 0 aliphatic carbocycles. The van der Waals surface area contributed by atoms with Crippen LogP contribution in [0.2, 0.25) is 0 Å². The molecule has 5 aromatic rings. The SMILES string of the molecule is Cc1cc(C)c2nc(N3C(=O)C(O)=C(C(=O)/C=C/c4ccccc4)C3c3ccc(OCc4ccccc4)cc3)sc2c1. The first-order chi connectivity index (χ1) is 20.4. The van der Waals surface area contributed by atoms with Crippen LogP contribution >= 0.6 is 11.3 Å². The van der Waals surface area contributed by atoms with Crippen molar-refractivity contribution in [3.8, 4) is 5.75 Å². The number of aromatic nitrogens is 1. The molecule has 0 radical (unpaired) electrons. The Labute approximate surface area is 247 Å². The van der Waals surface area contributed by atoms with Crippen molar-refractivity contribution in [2.24, 2.45) is 0 Å². The molecule has 0 saturated carbocycles. The number of ether oxygens (including phenoxy) is 1. The van der Waals surface area contributed by atoms with Gasteiger partial charge in [0.05, 0.1) is 21.8 Å². The first-order valence-electron chi connectivity index (χ1n) is 13.6. The molecule has 6 rings (SSSR count). The summed E-state index contributed by atoms with van der Waals surface area (Å²) in [6.07, 6.45) is 3.07. The monoisotopic (exact) mass is 572 g/mol. The van der Waals surface area contributed by atoms with Crippen LogP contribution in [0.15, 0.2) is 114 Å². The highest BCUT2D eigenvalue weighted by atomic mass is 32.1. The van der Waals surface area contributed by atoms with Crippen LogP contribution in [0.4, 0.5) is 5.13 Å². The van der Waals surface area contributed by atoms with Crippen molar-refractivity contribution < 1.29 is 19.4 Å². The number of carbonyl (C=O) groups is 2. The maximum Gasteiger partial charge on any atom is 0.296 e. The Morgan fingerprint density at radius 2 is 1.67 bits per heavy atom. The minimum absolute atomic E-state index is 0.0114. The lowest BCUT2D eigenvalue weighted by molar-refractivity contribution is -0.117. The fourth-order valence-electron chi connectivity index (χ4n) is 5.14. The van der Waals surface area contributed by atoms with Gasteiger partial charge in [0.1, 0.15) is 12.4 Å². The first-order valence-corrected chi connectivity index (χ1v) is 14.4. The molecule has 1 aliphatic heterocycles. The summed E-state index contributed by atoms with van der Waals surface area (Å²) in [5.41, 5.74) is 5.42. The number of aryl methyl sites for hydroxylation is 2. The molecule has 1 amide bonds. The van der Waals surface area contributed by atoms with Crippen molar-refractivity contribution in [3.05, 3.63) is 142 Å². The van der Waals surface area contributed by atoms with Crippen LogP contribution in [0.25, 0.3) is 16.3 Å². The largest absolute Gasteiger partial charge is 0.503 e. The second-order valence-corrected chi connectivity index (χ2v) is 11.2. The molecule has 1 unspecified atom stereocenters. The Bertz CT molecular complexity index is 1840. The summed E-state index contributed by atoms with van der Waals surface area (Å²) in [5.74, 6) is -1.03. The summed E-state index contributed by atoms with van der Waals surface area (Å²) in [7, 11) is 0. The van der Waals surface area contributed by atoms with Crippen LogP contribution in [0.1, 0.15) is 33.9 Å². The van der Waals surface area contributed by atoms with Crippen molar-refractivity contribution in [3.63, 3.8) is 0 Å². The molecule has 42 heavy (non-hydrogen) atoms. The lowest BCUT2D eigenvalue weighted by Gasteiger charge is -2.24. The number of amides is 1. The molecular weight excluding hydrogens is 544 g/mol. The smallest absolute Gasteiger partial charge is 0.296 e. The Morgan fingerprint density at radius 3 is 2.38 bits per heavy atom. The highest BCUT2D eigenvalue weighted by Gasteiger charge is 2.45. The van der Waals surface area contributed by atoms with Gasteiger partial charge in [-0.15, -0.1) is 0 Å². The van der Waals surface area contributed by atoms with Gasteiger partial charge in [-0.2, -0.15) is 0 Å². The quantitative estimate of drug-likeness (QED) is 0.193. The van der Waals surface area contributed by atoms with Crippen molar-refractivity contribution >= 4 is 44.5 Å². The number of carbonyl (C=O) groups excluding carboxylic acids is 2. The number of allylic oxidation sites excluding steroid dienone is 1. The van der Waals surface area contributed by atoms with E-state index in [-0.39, 0.29) is 5.57 Å². The summed E-state index contributed by atoms with van der Waals surface area (Å²) in [5, 5.41) is 11.5. The molecule has 6 nitrogen and oxygen atoms in total. The van der Waals surface area contributed by atoms with E-state index in [1.807, 2.05) is 111 Å². The zero-order chi connectivity index (χ0) is 29.2. The molecule has 7 heteroatoms. The summed E-state index contributed by atoms with van der Waals surface area (Å²) >= 11 is 1.36. The van der Waals surface area contributed by atoms with Gasteiger partial charge >= 0.3 is 0 Å². The molecule has 0 fully saturated rings. The van der Waals surface area contributed by atoms with Gasteiger partial charge in [-0.05, 0) is 65.9 Å². The van der Waals surface area contributed by atoms with Gasteiger partial charge in [0.15, 0.2) is 16.7 Å². The normalized spacial score (nSPS) is 15.2. The summed E-state index contributed by atoms with van der Waals surface area (Å²) in [6, 6.07) is 29.7. The van der Waals surface area contributed by atoms with Gasteiger partial charge in [-0.25, -0.2) is 4.98 Å². The van der Waals surface area contributed by atoms with Crippen LogP contribution in [-0.2, 0) is 16.2 Å². The van der Waals surface area contributed by atoms with Gasteiger partial charge in [0.25, 0.3) is 5.91 Å². The maximum atomic E-state index is 13.6. The highest BCUT2D eigenvalue weighted by molar-refractivity contribution is 7.22. The van der Waals surface area contributed by atoms with Gasteiger partial charge < -0.3 is 9.84 Å². The standard InChI is InChI=1S/C35H28N2O4S/c1-22-19-23(2)31-29(20-22)42-35(36-31)37-32(26-14-16-27(17-15-26)41-21-25-11-7-4-8-12-25)30(33(39)34(37)40)28(38)18-13-24-9-5-3-6-10-24/h3-20,32,39H,21H2,1-2H3/b18-13+. The third kappa shape index (κ3) is 5.34. The van der Waals surface area contributed by atoms with E-state index < -0.39 is 23.5 Å².